The van der Waals surface area contributed by atoms with Gasteiger partial charge in [0.1, 0.15) is 0 Å². The summed E-state index contributed by atoms with van der Waals surface area (Å²) in [6.45, 7) is 0. The van der Waals surface area contributed by atoms with Crippen LogP contribution in [0.5, 0.6) is 5.75 Å². The SMILES string of the molecule is O=[N+]([O-])c1cc(Cl)cc2c1OC1(N(C3CCCCC3)C3CCCCC3)CCCCC1=C2. The Morgan fingerprint density at radius 1 is 0.968 bits per heavy atom. The molecule has 3 aliphatic carbocycles. The predicted molar refractivity (Wildman–Crippen MR) is 123 cm³/mol. The molecular weight excluding hydrogens is 412 g/mol. The maximum absolute atomic E-state index is 11.9. The second-order valence-corrected chi connectivity index (χ2v) is 10.3. The maximum Gasteiger partial charge on any atom is 0.313 e. The Balaban J connectivity index is 1.63. The van der Waals surface area contributed by atoms with Gasteiger partial charge in [-0.05, 0) is 62.7 Å². The molecule has 1 unspecified atom stereocenters. The molecule has 168 valence electrons. The van der Waals surface area contributed by atoms with Crippen molar-refractivity contribution in [1.29, 1.82) is 0 Å². The van der Waals surface area contributed by atoms with Gasteiger partial charge < -0.3 is 4.74 Å². The topological polar surface area (TPSA) is 55.6 Å². The average Bonchev–Trinajstić information content (AvgIpc) is 2.79. The number of halogens is 1. The van der Waals surface area contributed by atoms with Crippen molar-refractivity contribution in [3.63, 3.8) is 0 Å². The highest BCUT2D eigenvalue weighted by atomic mass is 35.5. The zero-order valence-corrected chi connectivity index (χ0v) is 19.0. The highest BCUT2D eigenvalue weighted by molar-refractivity contribution is 6.31. The van der Waals surface area contributed by atoms with Gasteiger partial charge in [-0.2, -0.15) is 0 Å². The molecule has 5 rings (SSSR count). The van der Waals surface area contributed by atoms with Gasteiger partial charge >= 0.3 is 5.69 Å². The van der Waals surface area contributed by atoms with Crippen LogP contribution in [0, 0.1) is 10.1 Å². The van der Waals surface area contributed by atoms with Gasteiger partial charge in [-0.3, -0.25) is 15.0 Å². The number of benzene rings is 1. The summed E-state index contributed by atoms with van der Waals surface area (Å²) >= 11 is 6.24. The van der Waals surface area contributed by atoms with Crippen LogP contribution in [0.3, 0.4) is 0 Å². The van der Waals surface area contributed by atoms with Crippen LogP contribution in [-0.2, 0) is 0 Å². The molecule has 1 aromatic carbocycles. The van der Waals surface area contributed by atoms with Crippen LogP contribution >= 0.6 is 11.6 Å². The number of nitro groups is 1. The fraction of sp³-hybridized carbons (Fsp3) is 0.680. The molecule has 31 heavy (non-hydrogen) atoms. The Labute approximate surface area is 189 Å². The first kappa shape index (κ1) is 21.3. The van der Waals surface area contributed by atoms with E-state index in [-0.39, 0.29) is 10.6 Å². The summed E-state index contributed by atoms with van der Waals surface area (Å²) in [5.74, 6) is 0.414. The molecule has 0 bridgehead atoms. The molecule has 0 radical (unpaired) electrons. The molecule has 0 amide bonds. The van der Waals surface area contributed by atoms with Gasteiger partial charge in [0, 0.05) is 35.2 Å². The minimum atomic E-state index is -0.534. The largest absolute Gasteiger partial charge is 0.461 e. The lowest BCUT2D eigenvalue weighted by atomic mass is 9.77. The third-order valence-electron chi connectivity index (χ3n) is 7.93. The van der Waals surface area contributed by atoms with E-state index in [4.69, 9.17) is 16.3 Å². The zero-order chi connectivity index (χ0) is 21.4. The summed E-state index contributed by atoms with van der Waals surface area (Å²) in [6, 6.07) is 4.28. The second-order valence-electron chi connectivity index (χ2n) is 9.85. The molecule has 1 heterocycles. The molecule has 0 aromatic heterocycles. The van der Waals surface area contributed by atoms with Crippen molar-refractivity contribution in [1.82, 2.24) is 4.90 Å². The highest BCUT2D eigenvalue weighted by Gasteiger charge is 2.52. The molecule has 0 N–H and O–H groups in total. The predicted octanol–water partition coefficient (Wildman–Crippen LogP) is 7.26. The van der Waals surface area contributed by atoms with E-state index in [1.54, 1.807) is 0 Å². The minimum absolute atomic E-state index is 0.00464. The van der Waals surface area contributed by atoms with Gasteiger partial charge in [0.15, 0.2) is 5.72 Å². The van der Waals surface area contributed by atoms with Crippen LogP contribution in [0.4, 0.5) is 5.69 Å². The summed E-state index contributed by atoms with van der Waals surface area (Å²) in [5.41, 5.74) is 1.53. The lowest BCUT2D eigenvalue weighted by Crippen LogP contribution is -2.64. The van der Waals surface area contributed by atoms with Crippen molar-refractivity contribution in [2.75, 3.05) is 0 Å². The summed E-state index contributed by atoms with van der Waals surface area (Å²) in [4.78, 5) is 14.3. The van der Waals surface area contributed by atoms with E-state index in [1.807, 2.05) is 6.07 Å². The third kappa shape index (κ3) is 3.89. The van der Waals surface area contributed by atoms with Gasteiger partial charge in [-0.15, -0.1) is 0 Å². The van der Waals surface area contributed by atoms with E-state index in [9.17, 15) is 10.1 Å². The van der Waals surface area contributed by atoms with Crippen molar-refractivity contribution >= 4 is 23.4 Å². The van der Waals surface area contributed by atoms with Gasteiger partial charge in [0.25, 0.3) is 0 Å². The van der Waals surface area contributed by atoms with Crippen molar-refractivity contribution in [3.05, 3.63) is 38.4 Å². The Hall–Kier alpha value is -1.59. The maximum atomic E-state index is 11.9. The van der Waals surface area contributed by atoms with Crippen LogP contribution in [0.25, 0.3) is 6.08 Å². The number of rotatable bonds is 4. The molecule has 6 heteroatoms. The van der Waals surface area contributed by atoms with Crippen molar-refractivity contribution in [3.8, 4) is 5.75 Å². The third-order valence-corrected chi connectivity index (χ3v) is 8.15. The zero-order valence-electron chi connectivity index (χ0n) is 18.3. The fourth-order valence-electron chi connectivity index (χ4n) is 6.60. The van der Waals surface area contributed by atoms with E-state index in [0.717, 1.165) is 31.2 Å². The lowest BCUT2D eigenvalue weighted by molar-refractivity contribution is -0.386. The van der Waals surface area contributed by atoms with E-state index in [1.165, 1.54) is 75.8 Å². The molecule has 1 aromatic rings. The monoisotopic (exact) mass is 444 g/mol. The molecule has 0 spiro atoms. The van der Waals surface area contributed by atoms with E-state index in [0.29, 0.717) is 22.9 Å². The quantitative estimate of drug-likeness (QED) is 0.362. The number of nitrogens with zero attached hydrogens (tertiary/aromatic N) is 2. The smallest absolute Gasteiger partial charge is 0.313 e. The first-order valence-electron chi connectivity index (χ1n) is 12.2. The molecule has 3 fully saturated rings. The highest BCUT2D eigenvalue weighted by Crippen LogP contribution is 2.52. The number of ether oxygens (including phenoxy) is 1. The Morgan fingerprint density at radius 3 is 2.23 bits per heavy atom. The fourth-order valence-corrected chi connectivity index (χ4v) is 6.82. The molecule has 4 aliphatic rings. The molecular formula is C25H33ClN2O3. The molecule has 0 saturated heterocycles. The van der Waals surface area contributed by atoms with E-state index in [2.05, 4.69) is 11.0 Å². The van der Waals surface area contributed by atoms with Crippen LogP contribution in [0.15, 0.2) is 17.7 Å². The molecule has 1 aliphatic heterocycles. The van der Waals surface area contributed by atoms with Gasteiger partial charge in [0.2, 0.25) is 5.75 Å². The molecule has 3 saturated carbocycles. The molecule has 5 nitrogen and oxygen atoms in total. The number of nitro benzene ring substituents is 1. The second kappa shape index (κ2) is 8.74. The normalized spacial score (nSPS) is 27.2. The summed E-state index contributed by atoms with van der Waals surface area (Å²) < 4.78 is 6.90. The van der Waals surface area contributed by atoms with Crippen LogP contribution < -0.4 is 4.74 Å². The van der Waals surface area contributed by atoms with Gasteiger partial charge in [-0.1, -0.05) is 50.1 Å². The van der Waals surface area contributed by atoms with Crippen molar-refractivity contribution in [2.24, 2.45) is 0 Å². The Bertz CT molecular complexity index is 856. The Morgan fingerprint density at radius 2 is 1.61 bits per heavy atom. The van der Waals surface area contributed by atoms with Gasteiger partial charge in [0.05, 0.1) is 4.92 Å². The number of fused-ring (bicyclic) bond motifs is 2. The van der Waals surface area contributed by atoms with Crippen molar-refractivity contribution in [2.45, 2.75) is 108 Å². The van der Waals surface area contributed by atoms with Crippen LogP contribution in [0.1, 0.15) is 95.5 Å². The van der Waals surface area contributed by atoms with E-state index >= 15 is 0 Å². The first-order valence-corrected chi connectivity index (χ1v) is 12.6. The standard InChI is InChI=1S/C25H33ClN2O3/c26-20-16-18-15-19-9-7-8-14-25(19,31-24(18)23(17-20)28(29)30)27(21-10-3-1-4-11-21)22-12-5-2-6-13-22/h15-17,21-22H,1-14H2. The average molecular weight is 445 g/mol. The Kier molecular flexibility index (Phi) is 6.00. The van der Waals surface area contributed by atoms with E-state index < -0.39 is 5.72 Å². The van der Waals surface area contributed by atoms with Crippen LogP contribution in [0.2, 0.25) is 5.02 Å². The summed E-state index contributed by atoms with van der Waals surface area (Å²) in [7, 11) is 0. The van der Waals surface area contributed by atoms with Gasteiger partial charge in [-0.25, -0.2) is 0 Å². The summed E-state index contributed by atoms with van der Waals surface area (Å²) in [5, 5.41) is 12.3. The first-order chi connectivity index (χ1) is 15.1. The number of hydrogen-bond donors (Lipinski definition) is 0. The minimum Gasteiger partial charge on any atom is -0.461 e. The van der Waals surface area contributed by atoms with Crippen molar-refractivity contribution < 1.29 is 9.66 Å². The van der Waals surface area contributed by atoms with Crippen LogP contribution in [-0.4, -0.2) is 27.6 Å². The number of hydrogen-bond acceptors (Lipinski definition) is 4. The summed E-state index contributed by atoms with van der Waals surface area (Å²) in [6.07, 6.45) is 18.9. The lowest BCUT2D eigenvalue weighted by Gasteiger charge is -2.56. The molecule has 1 atom stereocenters.